The average molecular weight is 285 g/mol. The van der Waals surface area contributed by atoms with Gasteiger partial charge in [0.15, 0.2) is 0 Å². The summed E-state index contributed by atoms with van der Waals surface area (Å²) in [6.45, 7) is 0. The van der Waals surface area contributed by atoms with Crippen LogP contribution in [0, 0.1) is 0 Å². The predicted molar refractivity (Wildman–Crippen MR) is 66.1 cm³/mol. The molecule has 0 saturated heterocycles. The monoisotopic (exact) mass is 284 g/mol. The number of benzene rings is 1. The van der Waals surface area contributed by atoms with Crippen molar-refractivity contribution >= 4 is 27.5 Å². The number of hydrogen-bond acceptors (Lipinski definition) is 3. The molecule has 0 aliphatic heterocycles. The number of ether oxygens (including phenoxy) is 2. The molecule has 0 fully saturated rings. The SMILES string of the molecule is CO/C=C(\C(=O)OC)c1ccccc1CBr. The first-order chi connectivity index (χ1) is 7.74. The molecule has 0 atom stereocenters. The minimum absolute atomic E-state index is 0.407. The van der Waals surface area contributed by atoms with Gasteiger partial charge in [-0.05, 0) is 11.1 Å². The Labute approximate surface area is 103 Å². The molecule has 0 radical (unpaired) electrons. The summed E-state index contributed by atoms with van der Waals surface area (Å²) in [6.07, 6.45) is 1.40. The average Bonchev–Trinajstić information content (AvgIpc) is 2.35. The Hall–Kier alpha value is -1.29. The van der Waals surface area contributed by atoms with Gasteiger partial charge in [0.1, 0.15) is 5.57 Å². The standard InChI is InChI=1S/C12H13BrO3/c1-15-8-11(12(14)16-2)10-6-4-3-5-9(10)7-13/h3-6,8H,7H2,1-2H3/b11-8-. The van der Waals surface area contributed by atoms with E-state index in [-0.39, 0.29) is 0 Å². The third kappa shape index (κ3) is 2.85. The van der Waals surface area contributed by atoms with Gasteiger partial charge < -0.3 is 9.47 Å². The molecule has 0 spiro atoms. The van der Waals surface area contributed by atoms with E-state index in [1.54, 1.807) is 0 Å². The minimum Gasteiger partial charge on any atom is -0.503 e. The summed E-state index contributed by atoms with van der Waals surface area (Å²) < 4.78 is 9.62. The zero-order chi connectivity index (χ0) is 12.0. The van der Waals surface area contributed by atoms with Crippen molar-refractivity contribution in [3.8, 4) is 0 Å². The maximum Gasteiger partial charge on any atom is 0.341 e. The molecular weight excluding hydrogens is 272 g/mol. The second-order valence-corrected chi connectivity index (χ2v) is 3.61. The van der Waals surface area contributed by atoms with Crippen molar-refractivity contribution in [1.82, 2.24) is 0 Å². The minimum atomic E-state index is -0.407. The van der Waals surface area contributed by atoms with Gasteiger partial charge in [-0.3, -0.25) is 0 Å². The fourth-order valence-electron chi connectivity index (χ4n) is 1.35. The van der Waals surface area contributed by atoms with Crippen LogP contribution in [0.15, 0.2) is 30.5 Å². The van der Waals surface area contributed by atoms with Gasteiger partial charge in [0, 0.05) is 5.33 Å². The summed E-state index contributed by atoms with van der Waals surface area (Å²) in [5.41, 5.74) is 2.24. The van der Waals surface area contributed by atoms with Crippen LogP contribution in [0.25, 0.3) is 5.57 Å². The fourth-order valence-corrected chi connectivity index (χ4v) is 1.84. The lowest BCUT2D eigenvalue weighted by Crippen LogP contribution is -2.06. The summed E-state index contributed by atoms with van der Waals surface area (Å²) in [4.78, 5) is 11.6. The summed E-state index contributed by atoms with van der Waals surface area (Å²) in [5.74, 6) is -0.407. The molecule has 0 unspecified atom stereocenters. The van der Waals surface area contributed by atoms with Gasteiger partial charge in [-0.15, -0.1) is 0 Å². The molecule has 0 N–H and O–H groups in total. The number of esters is 1. The second-order valence-electron chi connectivity index (χ2n) is 3.05. The van der Waals surface area contributed by atoms with Crippen LogP contribution < -0.4 is 0 Å². The summed E-state index contributed by atoms with van der Waals surface area (Å²) in [7, 11) is 2.85. The van der Waals surface area contributed by atoms with Crippen molar-refractivity contribution in [3.05, 3.63) is 41.7 Å². The molecule has 0 amide bonds. The Morgan fingerprint density at radius 3 is 2.62 bits per heavy atom. The summed E-state index contributed by atoms with van der Waals surface area (Å²) in [5, 5.41) is 0.668. The van der Waals surface area contributed by atoms with E-state index in [0.29, 0.717) is 10.9 Å². The van der Waals surface area contributed by atoms with Crippen molar-refractivity contribution in [1.29, 1.82) is 0 Å². The van der Waals surface area contributed by atoms with E-state index in [4.69, 9.17) is 9.47 Å². The molecule has 0 aliphatic carbocycles. The zero-order valence-electron chi connectivity index (χ0n) is 9.20. The Morgan fingerprint density at radius 1 is 1.38 bits per heavy atom. The van der Waals surface area contributed by atoms with E-state index in [9.17, 15) is 4.79 Å². The van der Waals surface area contributed by atoms with Crippen LogP contribution >= 0.6 is 15.9 Å². The second kappa shape index (κ2) is 6.33. The molecule has 16 heavy (non-hydrogen) atoms. The van der Waals surface area contributed by atoms with E-state index in [1.807, 2.05) is 24.3 Å². The van der Waals surface area contributed by atoms with Crippen molar-refractivity contribution in [2.75, 3.05) is 14.2 Å². The quantitative estimate of drug-likeness (QED) is 0.369. The van der Waals surface area contributed by atoms with Gasteiger partial charge in [0.25, 0.3) is 0 Å². The number of carbonyl (C=O) groups excluding carboxylic acids is 1. The van der Waals surface area contributed by atoms with Gasteiger partial charge in [0.05, 0.1) is 20.5 Å². The van der Waals surface area contributed by atoms with Crippen LogP contribution in [0.4, 0.5) is 0 Å². The number of alkyl halides is 1. The maximum atomic E-state index is 11.6. The summed E-state index contributed by atoms with van der Waals surface area (Å²) in [6, 6.07) is 7.59. The molecule has 4 heteroatoms. The number of methoxy groups -OCH3 is 2. The predicted octanol–water partition coefficient (Wildman–Crippen LogP) is 2.74. The lowest BCUT2D eigenvalue weighted by atomic mass is 10.0. The third-order valence-electron chi connectivity index (χ3n) is 2.09. The Kier molecular flexibility index (Phi) is 5.05. The van der Waals surface area contributed by atoms with E-state index in [2.05, 4.69) is 15.9 Å². The molecule has 0 heterocycles. The molecule has 1 rings (SSSR count). The first-order valence-corrected chi connectivity index (χ1v) is 5.82. The van der Waals surface area contributed by atoms with E-state index >= 15 is 0 Å². The van der Waals surface area contributed by atoms with Crippen LogP contribution in [0.1, 0.15) is 11.1 Å². The normalized spacial score (nSPS) is 11.1. The van der Waals surface area contributed by atoms with E-state index < -0.39 is 5.97 Å². The van der Waals surface area contributed by atoms with Gasteiger partial charge in [0.2, 0.25) is 0 Å². The number of carbonyl (C=O) groups is 1. The maximum absolute atomic E-state index is 11.6. The first-order valence-electron chi connectivity index (χ1n) is 4.70. The van der Waals surface area contributed by atoms with Crippen LogP contribution in [-0.2, 0) is 19.6 Å². The van der Waals surface area contributed by atoms with Crippen LogP contribution in [0.5, 0.6) is 0 Å². The van der Waals surface area contributed by atoms with Crippen LogP contribution in [-0.4, -0.2) is 20.2 Å². The van der Waals surface area contributed by atoms with Gasteiger partial charge in [-0.1, -0.05) is 40.2 Å². The first kappa shape index (κ1) is 12.8. The Balaban J connectivity index is 3.21. The largest absolute Gasteiger partial charge is 0.503 e. The molecule has 0 bridgehead atoms. The highest BCUT2D eigenvalue weighted by atomic mass is 79.9. The molecule has 0 aliphatic rings. The van der Waals surface area contributed by atoms with Crippen molar-refractivity contribution < 1.29 is 14.3 Å². The van der Waals surface area contributed by atoms with Crippen molar-refractivity contribution in [2.45, 2.75) is 5.33 Å². The highest BCUT2D eigenvalue weighted by Gasteiger charge is 2.15. The molecule has 3 nitrogen and oxygen atoms in total. The van der Waals surface area contributed by atoms with Crippen LogP contribution in [0.2, 0.25) is 0 Å². The Bertz CT molecular complexity index is 399. The molecule has 1 aromatic carbocycles. The van der Waals surface area contributed by atoms with E-state index in [0.717, 1.165) is 11.1 Å². The van der Waals surface area contributed by atoms with Crippen molar-refractivity contribution in [3.63, 3.8) is 0 Å². The molecule has 0 saturated carbocycles. The molecule has 1 aromatic rings. The highest BCUT2D eigenvalue weighted by Crippen LogP contribution is 2.22. The number of rotatable bonds is 4. The lowest BCUT2D eigenvalue weighted by molar-refractivity contribution is -0.133. The fraction of sp³-hybridized carbons (Fsp3) is 0.250. The van der Waals surface area contributed by atoms with Gasteiger partial charge in [-0.2, -0.15) is 0 Å². The smallest absolute Gasteiger partial charge is 0.341 e. The van der Waals surface area contributed by atoms with Crippen molar-refractivity contribution in [2.24, 2.45) is 0 Å². The third-order valence-corrected chi connectivity index (χ3v) is 2.70. The Morgan fingerprint density at radius 2 is 2.06 bits per heavy atom. The van der Waals surface area contributed by atoms with Crippen LogP contribution in [0.3, 0.4) is 0 Å². The van der Waals surface area contributed by atoms with E-state index in [1.165, 1.54) is 20.5 Å². The van der Waals surface area contributed by atoms with Gasteiger partial charge >= 0.3 is 5.97 Å². The number of hydrogen-bond donors (Lipinski definition) is 0. The number of halogens is 1. The zero-order valence-corrected chi connectivity index (χ0v) is 10.8. The molecule has 0 aromatic heterocycles. The summed E-state index contributed by atoms with van der Waals surface area (Å²) >= 11 is 3.38. The lowest BCUT2D eigenvalue weighted by Gasteiger charge is -2.09. The topological polar surface area (TPSA) is 35.5 Å². The molecule has 86 valence electrons. The highest BCUT2D eigenvalue weighted by molar-refractivity contribution is 9.08. The molecular formula is C12H13BrO3. The van der Waals surface area contributed by atoms with Gasteiger partial charge in [-0.25, -0.2) is 4.79 Å².